The summed E-state index contributed by atoms with van der Waals surface area (Å²) in [6.45, 7) is 5.54. The van der Waals surface area contributed by atoms with Crippen LogP contribution in [0.5, 0.6) is 11.5 Å². The van der Waals surface area contributed by atoms with Gasteiger partial charge >= 0.3 is 12.1 Å². The molecule has 1 aliphatic rings. The number of pyridine rings is 1. The summed E-state index contributed by atoms with van der Waals surface area (Å²) >= 11 is 0. The Balaban J connectivity index is 1.14. The molecular weight excluding hydrogens is 620 g/mol. The summed E-state index contributed by atoms with van der Waals surface area (Å²) in [6.07, 6.45) is 6.37. The number of ether oxygens (including phenoxy) is 1. The average Bonchev–Trinajstić information content (AvgIpc) is 3.79. The molecule has 0 spiro atoms. The third-order valence-corrected chi connectivity index (χ3v) is 8.26. The lowest BCUT2D eigenvalue weighted by atomic mass is 10.1. The van der Waals surface area contributed by atoms with Gasteiger partial charge in [-0.15, -0.1) is 0 Å². The largest absolute Gasteiger partial charge is 0.457 e. The Bertz CT molecular complexity index is 1950. The normalized spacial score (nSPS) is 12.5. The number of nitrogens with zero attached hydrogens (tertiary/aromatic N) is 4. The number of urea groups is 2. The minimum atomic E-state index is -0.532. The van der Waals surface area contributed by atoms with Crippen LogP contribution in [0.3, 0.4) is 0 Å². The van der Waals surface area contributed by atoms with E-state index in [4.69, 9.17) is 9.84 Å². The summed E-state index contributed by atoms with van der Waals surface area (Å²) in [4.78, 5) is 44.0. The first kappa shape index (κ1) is 33.0. The van der Waals surface area contributed by atoms with Crippen molar-refractivity contribution in [3.63, 3.8) is 0 Å². The van der Waals surface area contributed by atoms with Crippen molar-refractivity contribution in [3.8, 4) is 17.2 Å². The van der Waals surface area contributed by atoms with Gasteiger partial charge in [0.25, 0.3) is 0 Å². The van der Waals surface area contributed by atoms with Crippen molar-refractivity contribution in [2.75, 3.05) is 35.6 Å². The van der Waals surface area contributed by atoms with Crippen LogP contribution in [0, 0.1) is 6.92 Å². The molecule has 5 amide bonds. The van der Waals surface area contributed by atoms with Crippen LogP contribution >= 0.6 is 0 Å². The van der Waals surface area contributed by atoms with E-state index in [1.807, 2.05) is 61.5 Å². The first-order chi connectivity index (χ1) is 23.9. The smallest absolute Gasteiger partial charge is 0.324 e. The molecule has 0 saturated carbocycles. The van der Waals surface area contributed by atoms with E-state index in [0.29, 0.717) is 23.0 Å². The second kappa shape index (κ2) is 15.3. The van der Waals surface area contributed by atoms with Crippen molar-refractivity contribution >= 4 is 46.1 Å². The van der Waals surface area contributed by atoms with Gasteiger partial charge in [-0.2, -0.15) is 5.10 Å². The minimum absolute atomic E-state index is 0.0806. The average molecular weight is 661 g/mol. The Hall–Kier alpha value is -5.91. The van der Waals surface area contributed by atoms with Crippen molar-refractivity contribution in [2.45, 2.75) is 46.0 Å². The second-order valence-corrected chi connectivity index (χ2v) is 12.0. The summed E-state index contributed by atoms with van der Waals surface area (Å²) in [7, 11) is 0. The lowest BCUT2D eigenvalue weighted by Crippen LogP contribution is -2.40. The van der Waals surface area contributed by atoms with Crippen molar-refractivity contribution in [1.29, 1.82) is 0 Å². The van der Waals surface area contributed by atoms with Gasteiger partial charge in [-0.25, -0.2) is 19.3 Å². The van der Waals surface area contributed by atoms with Gasteiger partial charge in [0.15, 0.2) is 0 Å². The molecule has 252 valence electrons. The number of hydrogen-bond donors (Lipinski definition) is 4. The molecular formula is C37H40N8O4. The first-order valence-corrected chi connectivity index (χ1v) is 16.6. The Kier molecular flexibility index (Phi) is 10.3. The van der Waals surface area contributed by atoms with Gasteiger partial charge in [-0.05, 0) is 62.9 Å². The summed E-state index contributed by atoms with van der Waals surface area (Å²) in [6, 6.07) is 23.4. The predicted molar refractivity (Wildman–Crippen MR) is 191 cm³/mol. The van der Waals surface area contributed by atoms with E-state index >= 15 is 0 Å². The third kappa shape index (κ3) is 8.33. The molecule has 49 heavy (non-hydrogen) atoms. The van der Waals surface area contributed by atoms with Crippen molar-refractivity contribution < 1.29 is 19.1 Å². The number of fused-ring (bicyclic) bond motifs is 1. The lowest BCUT2D eigenvalue weighted by molar-refractivity contribution is -0.128. The molecule has 12 nitrogen and oxygen atoms in total. The van der Waals surface area contributed by atoms with E-state index in [-0.39, 0.29) is 18.3 Å². The number of amides is 5. The van der Waals surface area contributed by atoms with Gasteiger partial charge in [0.05, 0.1) is 23.6 Å². The fraction of sp³-hybridized carbons (Fsp3) is 0.270. The van der Waals surface area contributed by atoms with Crippen molar-refractivity contribution in [3.05, 3.63) is 96.3 Å². The van der Waals surface area contributed by atoms with Crippen LogP contribution in [0.15, 0.2) is 85.1 Å². The van der Waals surface area contributed by atoms with E-state index in [1.165, 1.54) is 6.20 Å². The zero-order valence-corrected chi connectivity index (χ0v) is 27.7. The Labute approximate surface area is 284 Å². The number of anilines is 3. The number of aromatic nitrogens is 3. The maximum absolute atomic E-state index is 13.4. The van der Waals surface area contributed by atoms with Crippen LogP contribution in [0.2, 0.25) is 0 Å². The molecule has 1 fully saturated rings. The summed E-state index contributed by atoms with van der Waals surface area (Å²) in [5.74, 6) is 1.74. The van der Waals surface area contributed by atoms with E-state index in [0.717, 1.165) is 72.9 Å². The molecule has 0 radical (unpaired) electrons. The molecule has 3 aromatic carbocycles. The number of likely N-dealkylation sites (tertiary alicyclic amines) is 1. The van der Waals surface area contributed by atoms with Gasteiger partial charge in [0.2, 0.25) is 5.91 Å². The van der Waals surface area contributed by atoms with Crippen LogP contribution < -0.4 is 26.0 Å². The predicted octanol–water partition coefficient (Wildman–Crippen LogP) is 7.25. The molecule has 0 aliphatic carbocycles. The number of unbranched alkanes of at least 4 members (excludes halogenated alkanes) is 1. The SMILES string of the molecule is CCCCc1cc(NC(=O)Nc2ccc(Oc3ccnc(NC(=O)NCC(=O)N4CCCC4)c3)c3ccccc23)n(-c2ccc(C)cc2)n1. The third-order valence-electron chi connectivity index (χ3n) is 8.26. The highest BCUT2D eigenvalue weighted by atomic mass is 16.5. The van der Waals surface area contributed by atoms with E-state index in [1.54, 1.807) is 33.8 Å². The maximum atomic E-state index is 13.4. The highest BCUT2D eigenvalue weighted by Gasteiger charge is 2.19. The second-order valence-electron chi connectivity index (χ2n) is 12.0. The Morgan fingerprint density at radius 2 is 1.63 bits per heavy atom. The van der Waals surface area contributed by atoms with Crippen LogP contribution in [0.25, 0.3) is 16.5 Å². The number of carbonyl (C=O) groups is 3. The quantitative estimate of drug-likeness (QED) is 0.118. The summed E-state index contributed by atoms with van der Waals surface area (Å²) < 4.78 is 7.99. The summed E-state index contributed by atoms with van der Waals surface area (Å²) in [5, 5.41) is 17.6. The van der Waals surface area contributed by atoms with Gasteiger partial charge in [-0.1, -0.05) is 55.3 Å². The fourth-order valence-corrected chi connectivity index (χ4v) is 5.69. The van der Waals surface area contributed by atoms with Crippen LogP contribution in [-0.4, -0.2) is 57.3 Å². The molecule has 0 bridgehead atoms. The van der Waals surface area contributed by atoms with Crippen molar-refractivity contribution in [1.82, 2.24) is 25.0 Å². The minimum Gasteiger partial charge on any atom is -0.457 e. The first-order valence-electron chi connectivity index (χ1n) is 16.6. The summed E-state index contributed by atoms with van der Waals surface area (Å²) in [5.41, 5.74) is 3.51. The number of aryl methyl sites for hydroxylation is 2. The molecule has 0 unspecified atom stereocenters. The molecule has 12 heteroatoms. The van der Waals surface area contributed by atoms with Crippen molar-refractivity contribution in [2.24, 2.45) is 0 Å². The molecule has 2 aromatic heterocycles. The van der Waals surface area contributed by atoms with Crippen LogP contribution in [0.4, 0.5) is 26.9 Å². The van der Waals surface area contributed by atoms with Crippen LogP contribution in [-0.2, 0) is 11.2 Å². The molecule has 6 rings (SSSR count). The molecule has 0 atom stereocenters. The molecule has 1 saturated heterocycles. The lowest BCUT2D eigenvalue weighted by Gasteiger charge is -2.16. The molecule has 4 N–H and O–H groups in total. The number of rotatable bonds is 11. The van der Waals surface area contributed by atoms with E-state index < -0.39 is 12.1 Å². The highest BCUT2D eigenvalue weighted by molar-refractivity contribution is 6.07. The maximum Gasteiger partial charge on any atom is 0.324 e. The van der Waals surface area contributed by atoms with Gasteiger partial charge in [-0.3, -0.25) is 15.4 Å². The van der Waals surface area contributed by atoms with Gasteiger partial charge in [0.1, 0.15) is 23.1 Å². The zero-order valence-electron chi connectivity index (χ0n) is 27.7. The fourth-order valence-electron chi connectivity index (χ4n) is 5.69. The highest BCUT2D eigenvalue weighted by Crippen LogP contribution is 2.35. The van der Waals surface area contributed by atoms with Crippen LogP contribution in [0.1, 0.15) is 43.9 Å². The molecule has 3 heterocycles. The topological polar surface area (TPSA) is 143 Å². The standard InChI is InChI=1S/C37H40N8O4/c1-3-4-9-26-22-34(45(43-26)27-14-12-25(2)13-15-27)42-37(48)40-31-16-17-32(30-11-6-5-10-29(30)31)49-28-18-19-38-33(23-28)41-36(47)39-24-35(46)44-20-7-8-21-44/h5-6,10-19,22-23H,3-4,7-9,20-21,24H2,1-2H3,(H2,40,42,48)(H2,38,39,41,47). The monoisotopic (exact) mass is 660 g/mol. The molecule has 1 aliphatic heterocycles. The number of hydrogen-bond acceptors (Lipinski definition) is 6. The van der Waals surface area contributed by atoms with E-state index in [2.05, 4.69) is 33.2 Å². The van der Waals surface area contributed by atoms with Gasteiger partial charge < -0.3 is 20.3 Å². The molecule has 5 aromatic rings. The van der Waals surface area contributed by atoms with Gasteiger partial charge in [0, 0.05) is 42.2 Å². The number of carbonyl (C=O) groups excluding carboxylic acids is 3. The Morgan fingerprint density at radius 1 is 0.857 bits per heavy atom. The zero-order chi connectivity index (χ0) is 34.2. The number of nitrogens with one attached hydrogen (secondary N) is 4. The van der Waals surface area contributed by atoms with E-state index in [9.17, 15) is 14.4 Å². The Morgan fingerprint density at radius 3 is 2.41 bits per heavy atom. The number of benzene rings is 3.